The summed E-state index contributed by atoms with van der Waals surface area (Å²) in [7, 11) is 2.73. The Labute approximate surface area is 54.3 Å². The lowest BCUT2D eigenvalue weighted by molar-refractivity contribution is 0.309. The molecule has 2 nitrogen and oxygen atoms in total. The molecule has 0 rings (SSSR count). The molecule has 3 heteroatoms. The molecule has 0 aromatic rings. The van der Waals surface area contributed by atoms with Crippen LogP contribution in [0.4, 0.5) is 0 Å². The highest BCUT2D eigenvalue weighted by Gasteiger charge is 1.67. The van der Waals surface area contributed by atoms with Gasteiger partial charge in [0.15, 0.2) is 0 Å². The first kappa shape index (κ1) is 11.0. The van der Waals surface area contributed by atoms with E-state index in [4.69, 9.17) is 0 Å². The number of hydrogen-bond acceptors (Lipinski definition) is 2. The van der Waals surface area contributed by atoms with Crippen LogP contribution in [0.5, 0.6) is 0 Å². The van der Waals surface area contributed by atoms with Crippen molar-refractivity contribution in [2.45, 2.75) is 20.3 Å². The average molecular weight is 136 g/mol. The first-order chi connectivity index (χ1) is 3.83. The maximum absolute atomic E-state index is 4.61. The van der Waals surface area contributed by atoms with E-state index in [0.717, 1.165) is 0 Å². The van der Waals surface area contributed by atoms with E-state index in [2.05, 4.69) is 22.7 Å². The summed E-state index contributed by atoms with van der Waals surface area (Å²) >= 11 is 0. The molecule has 0 amide bonds. The van der Waals surface area contributed by atoms with E-state index in [1.54, 1.807) is 14.2 Å². The second kappa shape index (κ2) is 15.7. The molecule has 0 aliphatic heterocycles. The molecule has 0 aliphatic rings. The van der Waals surface area contributed by atoms with Crippen LogP contribution in [0.25, 0.3) is 0 Å². The maximum atomic E-state index is 4.61. The molecule has 0 aromatic heterocycles. The fraction of sp³-hybridized carbons (Fsp3) is 1.00. The minimum Gasteiger partial charge on any atom is -0.402 e. The summed E-state index contributed by atoms with van der Waals surface area (Å²) in [5.74, 6) is 0. The van der Waals surface area contributed by atoms with E-state index in [1.165, 1.54) is 6.42 Å². The molecule has 0 saturated heterocycles. The van der Waals surface area contributed by atoms with Crippen molar-refractivity contribution in [1.29, 1.82) is 0 Å². The first-order valence-electron chi connectivity index (χ1n) is 2.81. The predicted octanol–water partition coefficient (Wildman–Crippen LogP) is 0.694. The van der Waals surface area contributed by atoms with Gasteiger partial charge in [0.25, 0.3) is 0 Å². The second-order valence-corrected chi connectivity index (χ2v) is 2.79. The Morgan fingerprint density at radius 3 is 1.38 bits per heavy atom. The molecule has 0 unspecified atom stereocenters. The summed E-state index contributed by atoms with van der Waals surface area (Å²) in [5.41, 5.74) is 0. The fourth-order valence-electron chi connectivity index (χ4n) is 0.118. The third-order valence-electron chi connectivity index (χ3n) is 0.236. The lowest BCUT2D eigenvalue weighted by Gasteiger charge is -1.86. The third kappa shape index (κ3) is 35.5. The van der Waals surface area contributed by atoms with Crippen LogP contribution < -0.4 is 0 Å². The van der Waals surface area contributed by atoms with Crippen LogP contribution in [0.3, 0.4) is 0 Å². The topological polar surface area (TPSA) is 18.5 Å². The first-order valence-corrected chi connectivity index (χ1v) is 3.96. The molecule has 0 bridgehead atoms. The van der Waals surface area contributed by atoms with Crippen molar-refractivity contribution in [2.24, 2.45) is 0 Å². The van der Waals surface area contributed by atoms with Crippen molar-refractivity contribution in [3.8, 4) is 0 Å². The van der Waals surface area contributed by atoms with Crippen LogP contribution >= 0.6 is 0 Å². The van der Waals surface area contributed by atoms with Gasteiger partial charge in [-0.3, -0.25) is 0 Å². The van der Waals surface area contributed by atoms with Crippen LogP contribution in [0.2, 0.25) is 0 Å². The molecule has 0 spiro atoms. The van der Waals surface area contributed by atoms with Crippen molar-refractivity contribution in [2.75, 3.05) is 14.2 Å². The third-order valence-corrected chi connectivity index (χ3v) is 0.707. The molecule has 52 valence electrons. The molecular weight excluding hydrogens is 120 g/mol. The van der Waals surface area contributed by atoms with E-state index in [9.17, 15) is 0 Å². The van der Waals surface area contributed by atoms with E-state index < -0.39 is 10.0 Å². The highest BCUT2D eigenvalue weighted by Crippen LogP contribution is 1.56. The zero-order valence-corrected chi connectivity index (χ0v) is 7.64. The lowest BCUT2D eigenvalue weighted by atomic mass is 10.6. The second-order valence-electron chi connectivity index (χ2n) is 1.40. The van der Waals surface area contributed by atoms with Gasteiger partial charge < -0.3 is 8.85 Å². The van der Waals surface area contributed by atoms with Crippen LogP contribution in [-0.2, 0) is 8.85 Å². The summed E-state index contributed by atoms with van der Waals surface area (Å²) in [6, 6.07) is 0. The largest absolute Gasteiger partial charge is 0.402 e. The van der Waals surface area contributed by atoms with Crippen molar-refractivity contribution >= 4 is 10.0 Å². The monoisotopic (exact) mass is 136 g/mol. The summed E-state index contributed by atoms with van der Waals surface area (Å²) < 4.78 is 9.22. The van der Waals surface area contributed by atoms with Crippen molar-refractivity contribution in [3.63, 3.8) is 0 Å². The van der Waals surface area contributed by atoms with Gasteiger partial charge in [-0.25, -0.2) is 0 Å². The van der Waals surface area contributed by atoms with E-state index >= 15 is 0 Å². The smallest absolute Gasteiger partial charge is 0.303 e. The van der Waals surface area contributed by atoms with Gasteiger partial charge in [0.05, 0.1) is 0 Å². The van der Waals surface area contributed by atoms with Crippen LogP contribution in [0.1, 0.15) is 20.3 Å². The SMILES string of the molecule is CCC.CO[SiH2]OC. The van der Waals surface area contributed by atoms with Gasteiger partial charge in [-0.2, -0.15) is 0 Å². The van der Waals surface area contributed by atoms with Gasteiger partial charge in [-0.15, -0.1) is 0 Å². The Hall–Kier alpha value is 0.137. The Balaban J connectivity index is 0. The van der Waals surface area contributed by atoms with Gasteiger partial charge in [0.2, 0.25) is 0 Å². The molecule has 0 radical (unpaired) electrons. The molecule has 0 saturated carbocycles. The Bertz CT molecular complexity index is 24.4. The normalized spacial score (nSPS) is 7.50. The average Bonchev–Trinajstić information content (AvgIpc) is 1.71. The molecule has 0 heterocycles. The van der Waals surface area contributed by atoms with E-state index in [-0.39, 0.29) is 0 Å². The molecule has 8 heavy (non-hydrogen) atoms. The molecule has 0 aromatic carbocycles. The Morgan fingerprint density at radius 1 is 1.12 bits per heavy atom. The zero-order valence-electron chi connectivity index (χ0n) is 6.23. The molecule has 0 N–H and O–H groups in total. The van der Waals surface area contributed by atoms with Gasteiger partial charge in [0.1, 0.15) is 0 Å². The fourth-order valence-corrected chi connectivity index (χ4v) is 0.354. The summed E-state index contributed by atoms with van der Waals surface area (Å²) in [6.45, 7) is 4.25. The quantitative estimate of drug-likeness (QED) is 0.520. The van der Waals surface area contributed by atoms with E-state index in [0.29, 0.717) is 0 Å². The van der Waals surface area contributed by atoms with Crippen LogP contribution in [0.15, 0.2) is 0 Å². The Kier molecular flexibility index (Phi) is 21.6. The van der Waals surface area contributed by atoms with Gasteiger partial charge >= 0.3 is 10.0 Å². The van der Waals surface area contributed by atoms with Crippen LogP contribution in [0, 0.1) is 0 Å². The van der Waals surface area contributed by atoms with Crippen molar-refractivity contribution in [3.05, 3.63) is 0 Å². The lowest BCUT2D eigenvalue weighted by Crippen LogP contribution is -1.93. The minimum absolute atomic E-state index is 0.568. The van der Waals surface area contributed by atoms with Gasteiger partial charge in [0, 0.05) is 14.2 Å². The maximum Gasteiger partial charge on any atom is 0.303 e. The zero-order chi connectivity index (χ0) is 6.83. The van der Waals surface area contributed by atoms with Gasteiger partial charge in [-0.1, -0.05) is 20.3 Å². The number of rotatable bonds is 2. The van der Waals surface area contributed by atoms with Crippen LogP contribution in [-0.4, -0.2) is 24.2 Å². The highest BCUT2D eigenvalue weighted by atomic mass is 28.3. The highest BCUT2D eigenvalue weighted by molar-refractivity contribution is 6.17. The van der Waals surface area contributed by atoms with Crippen molar-refractivity contribution < 1.29 is 8.85 Å². The van der Waals surface area contributed by atoms with Gasteiger partial charge in [-0.05, 0) is 0 Å². The Morgan fingerprint density at radius 2 is 1.38 bits per heavy atom. The molecule has 0 fully saturated rings. The standard InChI is InChI=1S/C3H8.C2H8O2Si/c1-3-2;1-3-5-4-2/h3H2,1-2H3;5H2,1-2H3. The minimum atomic E-state index is -0.568. The molecular formula is C5H16O2Si. The number of hydrogen-bond donors (Lipinski definition) is 0. The summed E-state index contributed by atoms with van der Waals surface area (Å²) in [4.78, 5) is 0. The summed E-state index contributed by atoms with van der Waals surface area (Å²) in [5, 5.41) is 0. The molecule has 0 aliphatic carbocycles. The predicted molar refractivity (Wildman–Crippen MR) is 38.5 cm³/mol. The van der Waals surface area contributed by atoms with E-state index in [1.807, 2.05) is 0 Å². The van der Waals surface area contributed by atoms with Crippen molar-refractivity contribution in [1.82, 2.24) is 0 Å². The molecule has 0 atom stereocenters. The summed E-state index contributed by atoms with van der Waals surface area (Å²) in [6.07, 6.45) is 1.25.